The second-order valence-corrected chi connectivity index (χ2v) is 9.90. The van der Waals surface area contributed by atoms with Crippen LogP contribution in [0.15, 0.2) is 11.6 Å². The van der Waals surface area contributed by atoms with Gasteiger partial charge in [-0.15, -0.1) is 0 Å². The van der Waals surface area contributed by atoms with E-state index in [2.05, 4.69) is 19.9 Å². The molecule has 5 rings (SSSR count). The van der Waals surface area contributed by atoms with E-state index < -0.39 is 0 Å². The van der Waals surface area contributed by atoms with E-state index in [-0.39, 0.29) is 0 Å². The largest absolute Gasteiger partial charge is 0.374 e. The molecule has 0 amide bonds. The van der Waals surface area contributed by atoms with Crippen LogP contribution in [0.2, 0.25) is 0 Å². The zero-order chi connectivity index (χ0) is 15.7. The third kappa shape index (κ3) is 2.14. The molecule has 0 radical (unpaired) electrons. The molecule has 0 aromatic carbocycles. The predicted molar refractivity (Wildman–Crippen MR) is 94.2 cm³/mol. The van der Waals surface area contributed by atoms with E-state index in [0.29, 0.717) is 23.0 Å². The number of hydrogen-bond acceptors (Lipinski definition) is 1. The van der Waals surface area contributed by atoms with Crippen molar-refractivity contribution in [1.29, 1.82) is 0 Å². The van der Waals surface area contributed by atoms with Crippen molar-refractivity contribution in [2.24, 2.45) is 28.6 Å². The Morgan fingerprint density at radius 1 is 0.957 bits per heavy atom. The summed E-state index contributed by atoms with van der Waals surface area (Å²) in [7, 11) is 0. The first-order chi connectivity index (χ1) is 11.1. The van der Waals surface area contributed by atoms with Crippen molar-refractivity contribution in [3.05, 3.63) is 11.6 Å². The van der Waals surface area contributed by atoms with Gasteiger partial charge in [0.05, 0.1) is 12.2 Å². The Balaban J connectivity index is 1.42. The van der Waals surface area contributed by atoms with Crippen molar-refractivity contribution in [3.8, 4) is 0 Å². The SMILES string of the molecule is C[C@]12CC[C@H]3[C@@H](CCC4=CCCC[C@@]43C)[C@@H]1CC[C@@H]2OC1CC1. The monoisotopic (exact) mass is 314 g/mol. The fraction of sp³-hybridized carbons (Fsp3) is 0.909. The fourth-order valence-corrected chi connectivity index (χ4v) is 7.37. The Morgan fingerprint density at radius 3 is 2.65 bits per heavy atom. The lowest BCUT2D eigenvalue weighted by Gasteiger charge is -2.58. The van der Waals surface area contributed by atoms with Crippen LogP contribution in [0.4, 0.5) is 0 Å². The smallest absolute Gasteiger partial charge is 0.0635 e. The molecule has 1 heteroatoms. The lowest BCUT2D eigenvalue weighted by molar-refractivity contribution is -0.0998. The molecule has 0 aliphatic heterocycles. The van der Waals surface area contributed by atoms with Gasteiger partial charge in [0.15, 0.2) is 0 Å². The molecule has 6 atom stereocenters. The van der Waals surface area contributed by atoms with Crippen LogP contribution < -0.4 is 0 Å². The second-order valence-electron chi connectivity index (χ2n) is 9.90. The summed E-state index contributed by atoms with van der Waals surface area (Å²) < 4.78 is 6.49. The Labute approximate surface area is 142 Å². The van der Waals surface area contributed by atoms with E-state index in [9.17, 15) is 0 Å². The molecule has 4 saturated carbocycles. The highest BCUT2D eigenvalue weighted by molar-refractivity contribution is 5.23. The summed E-state index contributed by atoms with van der Waals surface area (Å²) >= 11 is 0. The van der Waals surface area contributed by atoms with E-state index in [4.69, 9.17) is 4.74 Å². The van der Waals surface area contributed by atoms with Gasteiger partial charge in [-0.25, -0.2) is 0 Å². The van der Waals surface area contributed by atoms with E-state index >= 15 is 0 Å². The molecule has 0 aromatic rings. The minimum atomic E-state index is 0.496. The summed E-state index contributed by atoms with van der Waals surface area (Å²) in [5.74, 6) is 2.91. The molecule has 0 unspecified atom stereocenters. The van der Waals surface area contributed by atoms with Crippen molar-refractivity contribution in [3.63, 3.8) is 0 Å². The van der Waals surface area contributed by atoms with Crippen molar-refractivity contribution in [1.82, 2.24) is 0 Å². The van der Waals surface area contributed by atoms with E-state index in [1.807, 2.05) is 5.57 Å². The van der Waals surface area contributed by atoms with Gasteiger partial charge in [-0.2, -0.15) is 0 Å². The lowest BCUT2D eigenvalue weighted by atomic mass is 9.47. The fourth-order valence-electron chi connectivity index (χ4n) is 7.37. The highest BCUT2D eigenvalue weighted by atomic mass is 16.5. The molecule has 23 heavy (non-hydrogen) atoms. The molecule has 0 bridgehead atoms. The van der Waals surface area contributed by atoms with Crippen LogP contribution in [0.1, 0.15) is 84.5 Å². The van der Waals surface area contributed by atoms with Crippen LogP contribution in [0.25, 0.3) is 0 Å². The summed E-state index contributed by atoms with van der Waals surface area (Å²) in [6, 6.07) is 0. The molecule has 5 aliphatic rings. The normalized spacial score (nSPS) is 52.3. The van der Waals surface area contributed by atoms with Crippen molar-refractivity contribution in [2.75, 3.05) is 0 Å². The van der Waals surface area contributed by atoms with Crippen LogP contribution in [0.5, 0.6) is 0 Å². The number of rotatable bonds is 2. The first kappa shape index (κ1) is 15.0. The van der Waals surface area contributed by atoms with Gasteiger partial charge in [-0.05, 0) is 99.2 Å². The maximum Gasteiger partial charge on any atom is 0.0635 e. The highest BCUT2D eigenvalue weighted by Gasteiger charge is 2.59. The third-order valence-corrected chi connectivity index (χ3v) is 8.82. The molecular formula is C22H34O. The van der Waals surface area contributed by atoms with Crippen LogP contribution in [0.3, 0.4) is 0 Å². The van der Waals surface area contributed by atoms with Gasteiger partial charge >= 0.3 is 0 Å². The maximum absolute atomic E-state index is 6.49. The van der Waals surface area contributed by atoms with Crippen molar-refractivity contribution in [2.45, 2.75) is 96.7 Å². The van der Waals surface area contributed by atoms with Crippen LogP contribution in [0, 0.1) is 28.6 Å². The standard InChI is InChI=1S/C22H34O/c1-21-13-4-3-5-15(21)6-9-17-18-10-11-20(23-16-7-8-16)22(18,2)14-12-19(17)21/h5,16-20H,3-4,6-14H2,1-2H3/t17-,18-,19-,20-,21-,22-/m0/s1. The summed E-state index contributed by atoms with van der Waals surface area (Å²) in [4.78, 5) is 0. The van der Waals surface area contributed by atoms with Crippen molar-refractivity contribution < 1.29 is 4.74 Å². The van der Waals surface area contributed by atoms with Gasteiger partial charge in [0, 0.05) is 0 Å². The van der Waals surface area contributed by atoms with Crippen LogP contribution in [-0.2, 0) is 4.74 Å². The summed E-state index contributed by atoms with van der Waals surface area (Å²) in [5.41, 5.74) is 2.89. The molecule has 4 fully saturated rings. The summed E-state index contributed by atoms with van der Waals surface area (Å²) in [6.07, 6.45) is 19.3. The minimum Gasteiger partial charge on any atom is -0.374 e. The first-order valence-corrected chi connectivity index (χ1v) is 10.5. The molecule has 0 aromatic heterocycles. The van der Waals surface area contributed by atoms with Gasteiger partial charge in [-0.3, -0.25) is 0 Å². The Morgan fingerprint density at radius 2 is 1.83 bits per heavy atom. The van der Waals surface area contributed by atoms with Gasteiger partial charge < -0.3 is 4.74 Å². The molecule has 5 aliphatic carbocycles. The second kappa shape index (κ2) is 5.10. The number of hydrogen-bond donors (Lipinski definition) is 0. The summed E-state index contributed by atoms with van der Waals surface area (Å²) in [6.45, 7) is 5.23. The lowest BCUT2D eigenvalue weighted by Crippen LogP contribution is -2.51. The highest BCUT2D eigenvalue weighted by Crippen LogP contribution is 2.66. The van der Waals surface area contributed by atoms with Gasteiger partial charge in [0.25, 0.3) is 0 Å². The van der Waals surface area contributed by atoms with Gasteiger partial charge in [0.1, 0.15) is 0 Å². The number of fused-ring (bicyclic) bond motifs is 5. The molecular weight excluding hydrogens is 280 g/mol. The molecule has 0 spiro atoms. The topological polar surface area (TPSA) is 9.23 Å². The summed E-state index contributed by atoms with van der Waals surface area (Å²) in [5, 5.41) is 0. The van der Waals surface area contributed by atoms with Crippen LogP contribution >= 0.6 is 0 Å². The average molecular weight is 315 g/mol. The zero-order valence-electron chi connectivity index (χ0n) is 15.2. The first-order valence-electron chi connectivity index (χ1n) is 10.5. The Hall–Kier alpha value is -0.300. The molecule has 1 nitrogen and oxygen atoms in total. The molecule has 128 valence electrons. The Bertz CT molecular complexity index is 518. The van der Waals surface area contributed by atoms with E-state index in [1.165, 1.54) is 70.6 Å². The molecule has 0 heterocycles. The minimum absolute atomic E-state index is 0.496. The Kier molecular flexibility index (Phi) is 3.32. The third-order valence-electron chi connectivity index (χ3n) is 8.82. The van der Waals surface area contributed by atoms with E-state index in [0.717, 1.165) is 17.8 Å². The molecule has 0 saturated heterocycles. The van der Waals surface area contributed by atoms with Gasteiger partial charge in [0.2, 0.25) is 0 Å². The maximum atomic E-state index is 6.49. The average Bonchev–Trinajstić information content (AvgIpc) is 3.29. The number of ether oxygens (including phenoxy) is 1. The number of allylic oxidation sites excluding steroid dienone is 2. The quantitative estimate of drug-likeness (QED) is 0.578. The van der Waals surface area contributed by atoms with Crippen molar-refractivity contribution >= 4 is 0 Å². The van der Waals surface area contributed by atoms with Crippen LogP contribution in [-0.4, -0.2) is 12.2 Å². The van der Waals surface area contributed by atoms with Gasteiger partial charge in [-0.1, -0.05) is 25.5 Å². The molecule has 0 N–H and O–H groups in total. The zero-order valence-corrected chi connectivity index (χ0v) is 15.2. The van der Waals surface area contributed by atoms with E-state index in [1.54, 1.807) is 0 Å². The predicted octanol–water partition coefficient (Wildman–Crippen LogP) is 5.89.